The van der Waals surface area contributed by atoms with Gasteiger partial charge in [0.1, 0.15) is 11.6 Å². The first kappa shape index (κ1) is 14.8. The van der Waals surface area contributed by atoms with Gasteiger partial charge in [-0.2, -0.15) is 0 Å². The first-order chi connectivity index (χ1) is 9.15. The maximum Gasteiger partial charge on any atom is 0.131 e. The van der Waals surface area contributed by atoms with Crippen LogP contribution in [-0.2, 0) is 6.54 Å². The third-order valence-corrected chi connectivity index (χ3v) is 3.39. The molecule has 20 heavy (non-hydrogen) atoms. The van der Waals surface area contributed by atoms with Gasteiger partial charge in [-0.3, -0.25) is 0 Å². The Bertz CT molecular complexity index is 619. The number of halogens is 3. The highest BCUT2D eigenvalue weighted by Gasteiger charge is 2.23. The Labute approximate surface area is 127 Å². The summed E-state index contributed by atoms with van der Waals surface area (Å²) in [6.07, 6.45) is 0. The molecule has 0 aromatic heterocycles. The van der Waals surface area contributed by atoms with E-state index in [1.165, 1.54) is 12.1 Å². The molecule has 106 valence electrons. The van der Waals surface area contributed by atoms with E-state index in [2.05, 4.69) is 9.80 Å². The second-order valence-corrected chi connectivity index (χ2v) is 4.76. The van der Waals surface area contributed by atoms with Crippen LogP contribution in [0.5, 0.6) is 0 Å². The summed E-state index contributed by atoms with van der Waals surface area (Å²) in [6.45, 7) is 1.14. The predicted octanol–water partition coefficient (Wildman–Crippen LogP) is 3.96. The van der Waals surface area contributed by atoms with Gasteiger partial charge in [-0.25, -0.2) is 8.78 Å². The maximum absolute atomic E-state index is 13.7. The van der Waals surface area contributed by atoms with Gasteiger partial charge in [-0.1, -0.05) is 18.2 Å². The summed E-state index contributed by atoms with van der Waals surface area (Å²) < 4.78 is 26.6. The molecule has 2 nitrogen and oxygen atoms in total. The second-order valence-electron chi connectivity index (χ2n) is 4.76. The molecule has 0 fully saturated rings. The van der Waals surface area contributed by atoms with Crippen LogP contribution < -0.4 is 9.80 Å². The number of hydrogen-bond donors (Lipinski definition) is 0. The molecular weight excluding hydrogens is 326 g/mol. The molecule has 1 aliphatic heterocycles. The lowest BCUT2D eigenvalue weighted by atomic mass is 10.2. The van der Waals surface area contributed by atoms with Crippen LogP contribution in [-0.4, -0.2) is 13.7 Å². The Hall–Kier alpha value is -1.62. The third-order valence-electron chi connectivity index (χ3n) is 3.39. The normalized spacial score (nSPS) is 13.2. The molecule has 0 radical (unpaired) electrons. The Morgan fingerprint density at radius 1 is 1.05 bits per heavy atom. The molecule has 2 aromatic rings. The molecule has 0 aliphatic carbocycles. The molecule has 0 spiro atoms. The minimum Gasteiger partial charge on any atom is -0.355 e. The average Bonchev–Trinajstić information content (AvgIpc) is 2.71. The van der Waals surface area contributed by atoms with E-state index in [-0.39, 0.29) is 17.0 Å². The van der Waals surface area contributed by atoms with Gasteiger partial charge in [0, 0.05) is 25.2 Å². The van der Waals surface area contributed by atoms with Gasteiger partial charge < -0.3 is 9.80 Å². The summed E-state index contributed by atoms with van der Waals surface area (Å²) in [5.41, 5.74) is 2.71. The van der Waals surface area contributed by atoms with E-state index >= 15 is 0 Å². The Kier molecular flexibility index (Phi) is 4.28. The molecule has 2 aromatic carbocycles. The van der Waals surface area contributed by atoms with Crippen molar-refractivity contribution in [3.8, 4) is 0 Å². The van der Waals surface area contributed by atoms with Crippen LogP contribution in [0.25, 0.3) is 0 Å². The summed E-state index contributed by atoms with van der Waals surface area (Å²) in [6, 6.07) is 11.7. The zero-order valence-electron chi connectivity index (χ0n) is 11.0. The Morgan fingerprint density at radius 3 is 2.45 bits per heavy atom. The molecule has 0 atom stereocenters. The van der Waals surface area contributed by atoms with Crippen molar-refractivity contribution in [3.63, 3.8) is 0 Å². The molecular formula is C15H15BrF2N2. The number of rotatable bonds is 2. The smallest absolute Gasteiger partial charge is 0.131 e. The van der Waals surface area contributed by atoms with Crippen LogP contribution >= 0.6 is 17.0 Å². The largest absolute Gasteiger partial charge is 0.355 e. The van der Waals surface area contributed by atoms with Crippen molar-refractivity contribution in [2.24, 2.45) is 0 Å². The molecule has 0 saturated heterocycles. The lowest BCUT2D eigenvalue weighted by molar-refractivity contribution is 0.570. The molecule has 0 unspecified atom stereocenters. The lowest BCUT2D eigenvalue weighted by Gasteiger charge is -2.19. The van der Waals surface area contributed by atoms with Crippen molar-refractivity contribution in [2.45, 2.75) is 6.54 Å². The number of para-hydroxylation sites is 2. The molecule has 3 rings (SSSR count). The molecule has 1 heterocycles. The SMILES string of the molecule is Br.CN1CN(Cc2ccc(F)cc2F)c2ccccc21. The molecule has 0 saturated carbocycles. The zero-order valence-corrected chi connectivity index (χ0v) is 12.7. The maximum atomic E-state index is 13.7. The summed E-state index contributed by atoms with van der Waals surface area (Å²) in [5.74, 6) is -1.03. The number of benzene rings is 2. The fraction of sp³-hybridized carbons (Fsp3) is 0.200. The summed E-state index contributed by atoms with van der Waals surface area (Å²) in [7, 11) is 2.00. The van der Waals surface area contributed by atoms with Crippen molar-refractivity contribution >= 4 is 28.4 Å². The van der Waals surface area contributed by atoms with Gasteiger partial charge in [0.25, 0.3) is 0 Å². The minimum absolute atomic E-state index is 0. The van der Waals surface area contributed by atoms with E-state index in [0.29, 0.717) is 18.8 Å². The molecule has 0 amide bonds. The van der Waals surface area contributed by atoms with Crippen LogP contribution in [0.1, 0.15) is 5.56 Å². The highest BCUT2D eigenvalue weighted by molar-refractivity contribution is 8.93. The molecule has 5 heteroatoms. The van der Waals surface area contributed by atoms with E-state index in [4.69, 9.17) is 0 Å². The quantitative estimate of drug-likeness (QED) is 0.816. The van der Waals surface area contributed by atoms with Crippen molar-refractivity contribution in [1.82, 2.24) is 0 Å². The van der Waals surface area contributed by atoms with Crippen molar-refractivity contribution in [3.05, 3.63) is 59.7 Å². The van der Waals surface area contributed by atoms with Gasteiger partial charge in [0.15, 0.2) is 0 Å². The zero-order chi connectivity index (χ0) is 13.4. The van der Waals surface area contributed by atoms with E-state index in [9.17, 15) is 8.78 Å². The summed E-state index contributed by atoms with van der Waals surface area (Å²) >= 11 is 0. The van der Waals surface area contributed by atoms with E-state index in [1.54, 1.807) is 0 Å². The third kappa shape index (κ3) is 2.63. The van der Waals surface area contributed by atoms with Crippen LogP contribution in [0, 0.1) is 11.6 Å². The minimum atomic E-state index is -0.541. The van der Waals surface area contributed by atoms with Crippen molar-refractivity contribution in [1.29, 1.82) is 0 Å². The van der Waals surface area contributed by atoms with Crippen molar-refractivity contribution in [2.75, 3.05) is 23.5 Å². The Morgan fingerprint density at radius 2 is 1.75 bits per heavy atom. The van der Waals surface area contributed by atoms with Gasteiger partial charge in [0.2, 0.25) is 0 Å². The van der Waals surface area contributed by atoms with E-state index in [1.807, 2.05) is 31.3 Å². The van der Waals surface area contributed by atoms with Gasteiger partial charge >= 0.3 is 0 Å². The lowest BCUT2D eigenvalue weighted by Crippen LogP contribution is -2.27. The highest BCUT2D eigenvalue weighted by Crippen LogP contribution is 2.35. The standard InChI is InChI=1S/C15H14F2N2.BrH/c1-18-10-19(15-5-3-2-4-14(15)18)9-11-6-7-12(16)8-13(11)17;/h2-8H,9-10H2,1H3;1H. The highest BCUT2D eigenvalue weighted by atomic mass is 79.9. The first-order valence-corrected chi connectivity index (χ1v) is 6.14. The molecule has 0 N–H and O–H groups in total. The van der Waals surface area contributed by atoms with Gasteiger partial charge in [-0.05, 0) is 18.2 Å². The van der Waals surface area contributed by atoms with Crippen LogP contribution in [0.4, 0.5) is 20.2 Å². The topological polar surface area (TPSA) is 6.48 Å². The second kappa shape index (κ2) is 5.79. The average molecular weight is 341 g/mol. The number of anilines is 2. The fourth-order valence-electron chi connectivity index (χ4n) is 2.45. The molecule has 1 aliphatic rings. The number of hydrogen-bond acceptors (Lipinski definition) is 2. The Balaban J connectivity index is 0.00000147. The fourth-order valence-corrected chi connectivity index (χ4v) is 2.45. The molecule has 0 bridgehead atoms. The van der Waals surface area contributed by atoms with E-state index in [0.717, 1.165) is 17.4 Å². The number of fused-ring (bicyclic) bond motifs is 1. The van der Waals surface area contributed by atoms with Crippen LogP contribution in [0.3, 0.4) is 0 Å². The summed E-state index contributed by atoms with van der Waals surface area (Å²) in [4.78, 5) is 4.18. The van der Waals surface area contributed by atoms with Crippen LogP contribution in [0.15, 0.2) is 42.5 Å². The van der Waals surface area contributed by atoms with Crippen molar-refractivity contribution < 1.29 is 8.78 Å². The number of nitrogens with zero attached hydrogens (tertiary/aromatic N) is 2. The predicted molar refractivity (Wildman–Crippen MR) is 82.6 cm³/mol. The van der Waals surface area contributed by atoms with Gasteiger partial charge in [-0.15, -0.1) is 17.0 Å². The van der Waals surface area contributed by atoms with E-state index < -0.39 is 11.6 Å². The monoisotopic (exact) mass is 340 g/mol. The first-order valence-electron chi connectivity index (χ1n) is 6.14. The van der Waals surface area contributed by atoms with Crippen LogP contribution in [0.2, 0.25) is 0 Å². The summed E-state index contributed by atoms with van der Waals surface area (Å²) in [5, 5.41) is 0. The van der Waals surface area contributed by atoms with Gasteiger partial charge in [0.05, 0.1) is 18.0 Å².